The molecule has 0 radical (unpaired) electrons. The molecule has 0 aliphatic heterocycles. The summed E-state index contributed by atoms with van der Waals surface area (Å²) in [6, 6.07) is 11.5. The number of phenolic OH excluding ortho intramolecular Hbond substituents is 2. The van der Waals surface area contributed by atoms with Crippen molar-refractivity contribution in [3.63, 3.8) is 0 Å². The Bertz CT molecular complexity index is 756. The molecule has 0 spiro atoms. The molecule has 0 bridgehead atoms. The van der Waals surface area contributed by atoms with Gasteiger partial charge in [-0.1, -0.05) is 30.9 Å². The molecule has 0 amide bonds. The predicted molar refractivity (Wildman–Crippen MR) is 91.9 cm³/mol. The molecular formula is C20H20O4. The Hall–Kier alpha value is -2.75. The van der Waals surface area contributed by atoms with E-state index in [4.69, 9.17) is 4.74 Å². The number of aromatic hydroxyl groups is 2. The molecule has 0 unspecified atom stereocenters. The first kappa shape index (κ1) is 16.1. The summed E-state index contributed by atoms with van der Waals surface area (Å²) < 4.78 is 5.88. The number of carbonyl (C=O) groups excluding carboxylic acids is 1. The van der Waals surface area contributed by atoms with Crippen LogP contribution < -0.4 is 0 Å². The molecule has 0 saturated heterocycles. The van der Waals surface area contributed by atoms with Gasteiger partial charge in [0.1, 0.15) is 22.7 Å². The topological polar surface area (TPSA) is 66.8 Å². The highest BCUT2D eigenvalue weighted by Gasteiger charge is 2.40. The first-order valence-corrected chi connectivity index (χ1v) is 8.02. The Morgan fingerprint density at radius 3 is 2.38 bits per heavy atom. The maximum Gasteiger partial charge on any atom is 0.342 e. The summed E-state index contributed by atoms with van der Waals surface area (Å²) in [5, 5.41) is 19.5. The van der Waals surface area contributed by atoms with Gasteiger partial charge in [0.05, 0.1) is 0 Å². The largest absolute Gasteiger partial charge is 0.508 e. The SMILES string of the molecule is C=Cc1ccc(O)c(C(=O)OC2(c3ccc(O)cc3)CCCC2)c1. The summed E-state index contributed by atoms with van der Waals surface area (Å²) in [5.74, 6) is -0.481. The van der Waals surface area contributed by atoms with E-state index in [0.717, 1.165) is 36.8 Å². The molecule has 1 saturated carbocycles. The maximum atomic E-state index is 12.7. The molecule has 1 aliphatic carbocycles. The van der Waals surface area contributed by atoms with Crippen molar-refractivity contribution in [3.05, 3.63) is 65.7 Å². The van der Waals surface area contributed by atoms with Crippen molar-refractivity contribution < 1.29 is 19.7 Å². The van der Waals surface area contributed by atoms with Crippen LogP contribution in [0.15, 0.2) is 49.0 Å². The van der Waals surface area contributed by atoms with E-state index in [9.17, 15) is 15.0 Å². The van der Waals surface area contributed by atoms with Gasteiger partial charge in [0.2, 0.25) is 0 Å². The fourth-order valence-electron chi connectivity index (χ4n) is 3.24. The van der Waals surface area contributed by atoms with E-state index in [-0.39, 0.29) is 17.1 Å². The van der Waals surface area contributed by atoms with Gasteiger partial charge in [0.25, 0.3) is 0 Å². The van der Waals surface area contributed by atoms with Gasteiger partial charge < -0.3 is 14.9 Å². The minimum atomic E-state index is -0.707. The zero-order chi connectivity index (χ0) is 17.2. The number of esters is 1. The molecular weight excluding hydrogens is 304 g/mol. The van der Waals surface area contributed by atoms with E-state index in [1.165, 1.54) is 6.07 Å². The zero-order valence-corrected chi connectivity index (χ0v) is 13.4. The lowest BCUT2D eigenvalue weighted by molar-refractivity contribution is -0.0186. The second kappa shape index (κ2) is 6.40. The Kier molecular flexibility index (Phi) is 4.30. The Morgan fingerprint density at radius 2 is 1.75 bits per heavy atom. The lowest BCUT2D eigenvalue weighted by Crippen LogP contribution is -2.29. The minimum Gasteiger partial charge on any atom is -0.508 e. The highest BCUT2D eigenvalue weighted by atomic mass is 16.6. The summed E-state index contributed by atoms with van der Waals surface area (Å²) in [7, 11) is 0. The van der Waals surface area contributed by atoms with Crippen molar-refractivity contribution in [2.45, 2.75) is 31.3 Å². The minimum absolute atomic E-state index is 0.107. The van der Waals surface area contributed by atoms with Crippen LogP contribution in [0.25, 0.3) is 6.08 Å². The first-order valence-electron chi connectivity index (χ1n) is 8.02. The summed E-state index contributed by atoms with van der Waals surface area (Å²) in [6.45, 7) is 3.68. The summed E-state index contributed by atoms with van der Waals surface area (Å²) in [6.07, 6.45) is 5.00. The Labute approximate surface area is 141 Å². The van der Waals surface area contributed by atoms with Crippen LogP contribution in [-0.4, -0.2) is 16.2 Å². The quantitative estimate of drug-likeness (QED) is 0.820. The molecule has 24 heavy (non-hydrogen) atoms. The Balaban J connectivity index is 1.93. The molecule has 2 aromatic carbocycles. The first-order chi connectivity index (χ1) is 11.5. The molecule has 0 aromatic heterocycles. The fraction of sp³-hybridized carbons (Fsp3) is 0.250. The lowest BCUT2D eigenvalue weighted by atomic mass is 9.91. The Morgan fingerprint density at radius 1 is 1.08 bits per heavy atom. The van der Waals surface area contributed by atoms with Crippen molar-refractivity contribution in [2.24, 2.45) is 0 Å². The van der Waals surface area contributed by atoms with E-state index >= 15 is 0 Å². The number of hydrogen-bond donors (Lipinski definition) is 2. The van der Waals surface area contributed by atoms with Crippen molar-refractivity contribution in [3.8, 4) is 11.5 Å². The number of carbonyl (C=O) groups is 1. The van der Waals surface area contributed by atoms with Gasteiger partial charge in [-0.3, -0.25) is 0 Å². The molecule has 4 nitrogen and oxygen atoms in total. The van der Waals surface area contributed by atoms with Gasteiger partial charge in [0, 0.05) is 0 Å². The van der Waals surface area contributed by atoms with Crippen LogP contribution in [0.2, 0.25) is 0 Å². The highest BCUT2D eigenvalue weighted by Crippen LogP contribution is 2.43. The maximum absolute atomic E-state index is 12.7. The van der Waals surface area contributed by atoms with Gasteiger partial charge in [-0.05, 0) is 61.1 Å². The van der Waals surface area contributed by atoms with Crippen LogP contribution in [0.4, 0.5) is 0 Å². The van der Waals surface area contributed by atoms with Crippen molar-refractivity contribution >= 4 is 12.0 Å². The molecule has 1 aliphatic rings. The van der Waals surface area contributed by atoms with Gasteiger partial charge >= 0.3 is 5.97 Å². The van der Waals surface area contributed by atoms with Crippen LogP contribution in [0.5, 0.6) is 11.5 Å². The third-order valence-electron chi connectivity index (χ3n) is 4.57. The molecule has 3 rings (SSSR count). The molecule has 0 atom stereocenters. The van der Waals surface area contributed by atoms with E-state index in [1.807, 2.05) is 0 Å². The molecule has 124 valence electrons. The van der Waals surface area contributed by atoms with Crippen molar-refractivity contribution in [1.82, 2.24) is 0 Å². The van der Waals surface area contributed by atoms with E-state index < -0.39 is 11.6 Å². The number of ether oxygens (including phenoxy) is 1. The molecule has 2 N–H and O–H groups in total. The van der Waals surface area contributed by atoms with E-state index in [1.54, 1.807) is 42.5 Å². The van der Waals surface area contributed by atoms with Crippen LogP contribution in [0.3, 0.4) is 0 Å². The lowest BCUT2D eigenvalue weighted by Gasteiger charge is -2.30. The second-order valence-electron chi connectivity index (χ2n) is 6.12. The summed E-state index contributed by atoms with van der Waals surface area (Å²) >= 11 is 0. The molecule has 1 fully saturated rings. The normalized spacial score (nSPS) is 15.8. The predicted octanol–water partition coefficient (Wildman–Crippen LogP) is 4.37. The molecule has 2 aromatic rings. The average Bonchev–Trinajstić information content (AvgIpc) is 3.05. The highest BCUT2D eigenvalue weighted by molar-refractivity contribution is 5.93. The van der Waals surface area contributed by atoms with Crippen LogP contribution in [-0.2, 0) is 10.3 Å². The van der Waals surface area contributed by atoms with Gasteiger partial charge in [-0.2, -0.15) is 0 Å². The van der Waals surface area contributed by atoms with E-state index in [2.05, 4.69) is 6.58 Å². The van der Waals surface area contributed by atoms with Gasteiger partial charge in [-0.15, -0.1) is 0 Å². The zero-order valence-electron chi connectivity index (χ0n) is 13.4. The number of phenols is 2. The molecule has 0 heterocycles. The van der Waals surface area contributed by atoms with Crippen LogP contribution in [0.1, 0.15) is 47.2 Å². The summed E-state index contributed by atoms with van der Waals surface area (Å²) in [4.78, 5) is 12.7. The van der Waals surface area contributed by atoms with Crippen molar-refractivity contribution in [2.75, 3.05) is 0 Å². The number of benzene rings is 2. The number of rotatable bonds is 4. The van der Waals surface area contributed by atoms with Crippen molar-refractivity contribution in [1.29, 1.82) is 0 Å². The standard InChI is InChI=1S/C20H20O4/c1-2-14-5-10-18(22)17(13-14)19(23)24-20(11-3-4-12-20)15-6-8-16(21)9-7-15/h2,5-10,13,21-22H,1,3-4,11-12H2. The second-order valence-corrected chi connectivity index (χ2v) is 6.12. The molecule has 4 heteroatoms. The van der Waals surface area contributed by atoms with E-state index in [0.29, 0.717) is 0 Å². The van der Waals surface area contributed by atoms with Crippen LogP contribution >= 0.6 is 0 Å². The third kappa shape index (κ3) is 3.00. The van der Waals surface area contributed by atoms with Gasteiger partial charge in [-0.25, -0.2) is 4.79 Å². The average molecular weight is 324 g/mol. The van der Waals surface area contributed by atoms with Gasteiger partial charge in [0.15, 0.2) is 0 Å². The monoisotopic (exact) mass is 324 g/mol. The smallest absolute Gasteiger partial charge is 0.342 e. The number of hydrogen-bond acceptors (Lipinski definition) is 4. The fourth-order valence-corrected chi connectivity index (χ4v) is 3.24. The summed E-state index contributed by atoms with van der Waals surface area (Å²) in [5.41, 5.74) is 1.04. The van der Waals surface area contributed by atoms with Crippen LogP contribution in [0, 0.1) is 0 Å². The third-order valence-corrected chi connectivity index (χ3v) is 4.57.